The molecular weight excluding hydrogens is 266 g/mol. The highest BCUT2D eigenvalue weighted by Crippen LogP contribution is 2.14. The molecule has 108 valence electrons. The van der Waals surface area contributed by atoms with Gasteiger partial charge < -0.3 is 10.5 Å². The molecule has 1 aromatic rings. The van der Waals surface area contributed by atoms with E-state index in [4.69, 9.17) is 10.5 Å². The van der Waals surface area contributed by atoms with Crippen molar-refractivity contribution in [1.29, 1.82) is 0 Å². The summed E-state index contributed by atoms with van der Waals surface area (Å²) in [7, 11) is -2.10. The highest BCUT2D eigenvalue weighted by Gasteiger charge is 2.24. The average molecular weight is 287 g/mol. The van der Waals surface area contributed by atoms with Crippen LogP contribution in [0.4, 0.5) is 0 Å². The van der Waals surface area contributed by atoms with Crippen molar-refractivity contribution in [2.45, 2.75) is 31.3 Å². The highest BCUT2D eigenvalue weighted by molar-refractivity contribution is 7.89. The maximum absolute atomic E-state index is 12.3. The third-order valence-electron chi connectivity index (χ3n) is 2.79. The maximum Gasteiger partial charge on any atom is 0.242 e. The summed E-state index contributed by atoms with van der Waals surface area (Å²) in [6.07, 6.45) is 1.52. The molecule has 1 rings (SSSR count). The number of sulfonamides is 1. The van der Waals surface area contributed by atoms with Gasteiger partial charge >= 0.3 is 0 Å². The number of nitrogens with two attached hydrogens (primary N) is 1. The summed E-state index contributed by atoms with van der Waals surface area (Å²) >= 11 is 0. The van der Waals surface area contributed by atoms with Gasteiger partial charge in [0.2, 0.25) is 10.0 Å². The third kappa shape index (κ3) is 4.24. The first-order valence-electron chi connectivity index (χ1n) is 6.07. The first-order chi connectivity index (χ1) is 8.92. The fourth-order valence-electron chi connectivity index (χ4n) is 1.63. The quantitative estimate of drug-likeness (QED) is 0.761. The Morgan fingerprint density at radius 1 is 1.47 bits per heavy atom. The van der Waals surface area contributed by atoms with Gasteiger partial charge in [-0.15, -0.1) is 0 Å². The van der Waals surface area contributed by atoms with Crippen molar-refractivity contribution in [2.24, 2.45) is 11.7 Å². The predicted molar refractivity (Wildman–Crippen MR) is 73.0 cm³/mol. The molecule has 0 fully saturated rings. The molecule has 19 heavy (non-hydrogen) atoms. The number of rotatable bonds is 7. The maximum atomic E-state index is 12.3. The number of hydrogen-bond acceptors (Lipinski definition) is 5. The van der Waals surface area contributed by atoms with Crippen molar-refractivity contribution in [1.82, 2.24) is 9.71 Å². The van der Waals surface area contributed by atoms with Gasteiger partial charge in [-0.2, -0.15) is 0 Å². The van der Waals surface area contributed by atoms with Crippen LogP contribution in [0.5, 0.6) is 0 Å². The Hall–Kier alpha value is -1.02. The van der Waals surface area contributed by atoms with E-state index in [1.54, 1.807) is 13.2 Å². The SMILES string of the molecule is COCC(NS(=O)(=O)c1cccnc1CN)C(C)C. The van der Waals surface area contributed by atoms with Gasteiger partial charge in [0.15, 0.2) is 0 Å². The summed E-state index contributed by atoms with van der Waals surface area (Å²) in [6, 6.07) is 2.79. The summed E-state index contributed by atoms with van der Waals surface area (Å²) in [5, 5.41) is 0. The van der Waals surface area contributed by atoms with Gasteiger partial charge in [0.05, 0.1) is 12.3 Å². The summed E-state index contributed by atoms with van der Waals surface area (Å²) in [5.74, 6) is 0.118. The molecule has 1 heterocycles. The van der Waals surface area contributed by atoms with E-state index in [0.717, 1.165) is 0 Å². The molecular formula is C12H21N3O3S. The Labute approximate surface area is 114 Å². The second-order valence-electron chi connectivity index (χ2n) is 4.58. The fraction of sp³-hybridized carbons (Fsp3) is 0.583. The molecule has 0 radical (unpaired) electrons. The van der Waals surface area contributed by atoms with Crippen molar-refractivity contribution in [3.8, 4) is 0 Å². The van der Waals surface area contributed by atoms with Crippen LogP contribution in [0.1, 0.15) is 19.5 Å². The molecule has 0 aliphatic carbocycles. The summed E-state index contributed by atoms with van der Waals surface area (Å²) in [5.41, 5.74) is 5.87. The summed E-state index contributed by atoms with van der Waals surface area (Å²) < 4.78 is 32.4. The topological polar surface area (TPSA) is 94.3 Å². The van der Waals surface area contributed by atoms with Crippen molar-refractivity contribution in [2.75, 3.05) is 13.7 Å². The largest absolute Gasteiger partial charge is 0.383 e. The number of nitrogens with zero attached hydrogens (tertiary/aromatic N) is 1. The van der Waals surface area contributed by atoms with Gasteiger partial charge in [0, 0.05) is 25.9 Å². The smallest absolute Gasteiger partial charge is 0.242 e. The Morgan fingerprint density at radius 2 is 2.16 bits per heavy atom. The van der Waals surface area contributed by atoms with Crippen LogP contribution < -0.4 is 10.5 Å². The van der Waals surface area contributed by atoms with Crippen molar-refractivity contribution < 1.29 is 13.2 Å². The minimum absolute atomic E-state index is 0.0771. The minimum Gasteiger partial charge on any atom is -0.383 e. The zero-order valence-electron chi connectivity index (χ0n) is 11.5. The molecule has 0 aliphatic rings. The van der Waals surface area contributed by atoms with E-state index in [0.29, 0.717) is 12.3 Å². The van der Waals surface area contributed by atoms with Crippen LogP contribution in [0.15, 0.2) is 23.2 Å². The van der Waals surface area contributed by atoms with Crippen LogP contribution in [0.3, 0.4) is 0 Å². The van der Waals surface area contributed by atoms with Gasteiger partial charge in [-0.3, -0.25) is 4.98 Å². The molecule has 6 nitrogen and oxygen atoms in total. The second-order valence-corrected chi connectivity index (χ2v) is 6.26. The molecule has 0 spiro atoms. The number of hydrogen-bond donors (Lipinski definition) is 2. The molecule has 3 N–H and O–H groups in total. The zero-order valence-corrected chi connectivity index (χ0v) is 12.3. The number of nitrogens with one attached hydrogen (secondary N) is 1. The standard InChI is InChI=1S/C12H21N3O3S/c1-9(2)11(8-18-3)15-19(16,17)12-5-4-6-14-10(12)7-13/h4-6,9,11,15H,7-8,13H2,1-3H3. The molecule has 7 heteroatoms. The Bertz CT molecular complexity index is 503. The van der Waals surface area contributed by atoms with Crippen molar-refractivity contribution in [3.05, 3.63) is 24.0 Å². The summed E-state index contributed by atoms with van der Waals surface area (Å²) in [6.45, 7) is 4.25. The van der Waals surface area contributed by atoms with E-state index in [-0.39, 0.29) is 23.4 Å². The average Bonchev–Trinajstić information content (AvgIpc) is 2.38. The van der Waals surface area contributed by atoms with E-state index >= 15 is 0 Å². The Kier molecular flexibility index (Phi) is 5.86. The van der Waals surface area contributed by atoms with Crippen LogP contribution in [0.2, 0.25) is 0 Å². The molecule has 0 amide bonds. The van der Waals surface area contributed by atoms with Crippen LogP contribution in [-0.4, -0.2) is 33.2 Å². The first kappa shape index (κ1) is 16.0. The van der Waals surface area contributed by atoms with E-state index < -0.39 is 10.0 Å². The molecule has 0 bridgehead atoms. The van der Waals surface area contributed by atoms with Gasteiger partial charge in [-0.25, -0.2) is 13.1 Å². The predicted octanol–water partition coefficient (Wildman–Crippen LogP) is 0.490. The molecule has 0 saturated heterocycles. The lowest BCUT2D eigenvalue weighted by Gasteiger charge is -2.21. The zero-order chi connectivity index (χ0) is 14.5. The lowest BCUT2D eigenvalue weighted by Crippen LogP contribution is -2.42. The van der Waals surface area contributed by atoms with Gasteiger partial charge in [0.1, 0.15) is 4.90 Å². The van der Waals surface area contributed by atoms with E-state index in [1.165, 1.54) is 12.3 Å². The van der Waals surface area contributed by atoms with Crippen LogP contribution >= 0.6 is 0 Å². The van der Waals surface area contributed by atoms with E-state index in [1.807, 2.05) is 13.8 Å². The number of pyridine rings is 1. The number of ether oxygens (including phenoxy) is 1. The monoisotopic (exact) mass is 287 g/mol. The number of methoxy groups -OCH3 is 1. The highest BCUT2D eigenvalue weighted by atomic mass is 32.2. The molecule has 1 atom stereocenters. The van der Waals surface area contributed by atoms with Crippen LogP contribution in [-0.2, 0) is 21.3 Å². The normalized spacial score (nSPS) is 13.7. The molecule has 0 aromatic carbocycles. The van der Waals surface area contributed by atoms with Crippen LogP contribution in [0, 0.1) is 5.92 Å². The van der Waals surface area contributed by atoms with E-state index in [2.05, 4.69) is 9.71 Å². The van der Waals surface area contributed by atoms with Gasteiger partial charge in [-0.1, -0.05) is 13.8 Å². The fourth-order valence-corrected chi connectivity index (χ4v) is 3.20. The minimum atomic E-state index is -3.64. The molecule has 0 aliphatic heterocycles. The second kappa shape index (κ2) is 6.95. The Balaban J connectivity index is 3.03. The third-order valence-corrected chi connectivity index (χ3v) is 4.35. The van der Waals surface area contributed by atoms with Gasteiger partial charge in [0.25, 0.3) is 0 Å². The lowest BCUT2D eigenvalue weighted by atomic mass is 10.1. The number of aromatic nitrogens is 1. The summed E-state index contributed by atoms with van der Waals surface area (Å²) in [4.78, 5) is 4.11. The Morgan fingerprint density at radius 3 is 2.68 bits per heavy atom. The van der Waals surface area contributed by atoms with Gasteiger partial charge in [-0.05, 0) is 18.1 Å². The van der Waals surface area contributed by atoms with E-state index in [9.17, 15) is 8.42 Å². The first-order valence-corrected chi connectivity index (χ1v) is 7.56. The van der Waals surface area contributed by atoms with Crippen molar-refractivity contribution >= 4 is 10.0 Å². The molecule has 1 aromatic heterocycles. The van der Waals surface area contributed by atoms with Crippen LogP contribution in [0.25, 0.3) is 0 Å². The lowest BCUT2D eigenvalue weighted by molar-refractivity contribution is 0.157. The molecule has 0 saturated carbocycles. The molecule has 1 unspecified atom stereocenters. The van der Waals surface area contributed by atoms with Crippen molar-refractivity contribution in [3.63, 3.8) is 0 Å².